The maximum atomic E-state index is 13.2. The lowest BCUT2D eigenvalue weighted by atomic mass is 10.4. The van der Waals surface area contributed by atoms with Crippen LogP contribution in [0.2, 0.25) is 0 Å². The summed E-state index contributed by atoms with van der Waals surface area (Å²) in [6.07, 6.45) is 0. The van der Waals surface area contributed by atoms with Crippen LogP contribution in [0.15, 0.2) is 47.4 Å². The van der Waals surface area contributed by atoms with Gasteiger partial charge in [-0.2, -0.15) is 4.31 Å². The first kappa shape index (κ1) is 17.0. The minimum Gasteiger partial charge on any atom is -0.310 e. The van der Waals surface area contributed by atoms with Crippen LogP contribution in [-0.4, -0.2) is 37.2 Å². The summed E-state index contributed by atoms with van der Waals surface area (Å²) in [7, 11) is -2.69. The summed E-state index contributed by atoms with van der Waals surface area (Å²) in [5.74, 6) is -0.856. The van der Waals surface area contributed by atoms with Crippen molar-refractivity contribution in [1.82, 2.24) is 9.29 Å². The number of rotatable bonds is 5. The number of pyridine rings is 1. The van der Waals surface area contributed by atoms with Gasteiger partial charge in [0.05, 0.1) is 11.4 Å². The van der Waals surface area contributed by atoms with E-state index >= 15 is 0 Å². The van der Waals surface area contributed by atoms with E-state index in [-0.39, 0.29) is 4.90 Å². The van der Waals surface area contributed by atoms with Crippen molar-refractivity contribution in [2.45, 2.75) is 11.8 Å². The topological polar surface area (TPSA) is 79.4 Å². The SMILES string of the molecule is Cc1cccc(NC(=O)CN(C)S(=O)(=O)c2cccc(F)c2)n1. The van der Waals surface area contributed by atoms with Crippen molar-refractivity contribution in [3.8, 4) is 0 Å². The van der Waals surface area contributed by atoms with Gasteiger partial charge in [-0.25, -0.2) is 17.8 Å². The zero-order valence-corrected chi connectivity index (χ0v) is 13.5. The van der Waals surface area contributed by atoms with E-state index in [1.54, 1.807) is 25.1 Å². The van der Waals surface area contributed by atoms with Crippen LogP contribution >= 0.6 is 0 Å². The average molecular weight is 337 g/mol. The van der Waals surface area contributed by atoms with E-state index < -0.39 is 28.3 Å². The second-order valence-corrected chi connectivity index (χ2v) is 6.98. The smallest absolute Gasteiger partial charge is 0.243 e. The lowest BCUT2D eigenvalue weighted by Crippen LogP contribution is -2.35. The molecule has 122 valence electrons. The zero-order valence-electron chi connectivity index (χ0n) is 12.7. The monoisotopic (exact) mass is 337 g/mol. The Labute approximate surface area is 134 Å². The molecule has 0 fully saturated rings. The van der Waals surface area contributed by atoms with Gasteiger partial charge in [-0.15, -0.1) is 0 Å². The fourth-order valence-electron chi connectivity index (χ4n) is 1.89. The Kier molecular flexibility index (Phi) is 5.07. The van der Waals surface area contributed by atoms with Crippen molar-refractivity contribution in [2.24, 2.45) is 0 Å². The van der Waals surface area contributed by atoms with Crippen molar-refractivity contribution in [1.29, 1.82) is 0 Å². The number of aryl methyl sites for hydroxylation is 1. The molecular formula is C15H16FN3O3S. The fraction of sp³-hybridized carbons (Fsp3) is 0.200. The Balaban J connectivity index is 2.08. The molecule has 1 heterocycles. The summed E-state index contributed by atoms with van der Waals surface area (Å²) >= 11 is 0. The summed E-state index contributed by atoms with van der Waals surface area (Å²) in [5.41, 5.74) is 0.725. The van der Waals surface area contributed by atoms with Crippen molar-refractivity contribution in [3.63, 3.8) is 0 Å². The Morgan fingerprint density at radius 2 is 1.96 bits per heavy atom. The van der Waals surface area contributed by atoms with E-state index in [1.165, 1.54) is 19.2 Å². The van der Waals surface area contributed by atoms with E-state index in [2.05, 4.69) is 10.3 Å². The van der Waals surface area contributed by atoms with Crippen molar-refractivity contribution in [3.05, 3.63) is 54.0 Å². The van der Waals surface area contributed by atoms with Gasteiger partial charge in [-0.3, -0.25) is 4.79 Å². The van der Waals surface area contributed by atoms with Gasteiger partial charge in [0.1, 0.15) is 11.6 Å². The molecule has 1 amide bonds. The highest BCUT2D eigenvalue weighted by atomic mass is 32.2. The molecule has 6 nitrogen and oxygen atoms in total. The van der Waals surface area contributed by atoms with Crippen LogP contribution in [0.4, 0.5) is 10.2 Å². The zero-order chi connectivity index (χ0) is 17.0. The number of benzene rings is 1. The van der Waals surface area contributed by atoms with Gasteiger partial charge in [-0.1, -0.05) is 12.1 Å². The molecule has 1 aromatic carbocycles. The Hall–Kier alpha value is -2.32. The predicted octanol–water partition coefficient (Wildman–Crippen LogP) is 1.79. The van der Waals surface area contributed by atoms with E-state index in [0.717, 1.165) is 22.1 Å². The number of hydrogen-bond acceptors (Lipinski definition) is 4. The summed E-state index contributed by atoms with van der Waals surface area (Å²) in [5, 5.41) is 2.52. The molecule has 0 aliphatic rings. The number of sulfonamides is 1. The highest BCUT2D eigenvalue weighted by molar-refractivity contribution is 7.89. The predicted molar refractivity (Wildman–Crippen MR) is 83.8 cm³/mol. The molecule has 1 N–H and O–H groups in total. The maximum Gasteiger partial charge on any atom is 0.243 e. The largest absolute Gasteiger partial charge is 0.310 e. The maximum absolute atomic E-state index is 13.2. The number of carbonyl (C=O) groups is 1. The Morgan fingerprint density at radius 3 is 2.61 bits per heavy atom. The minimum atomic E-state index is -3.94. The van der Waals surface area contributed by atoms with Gasteiger partial charge in [0, 0.05) is 12.7 Å². The quantitative estimate of drug-likeness (QED) is 0.902. The highest BCUT2D eigenvalue weighted by Crippen LogP contribution is 2.15. The molecule has 0 atom stereocenters. The number of anilines is 1. The molecule has 8 heteroatoms. The molecule has 0 unspecified atom stereocenters. The molecule has 23 heavy (non-hydrogen) atoms. The molecule has 2 rings (SSSR count). The molecule has 0 saturated heterocycles. The number of halogens is 1. The van der Waals surface area contributed by atoms with Crippen LogP contribution < -0.4 is 5.32 Å². The second kappa shape index (κ2) is 6.84. The number of amides is 1. The minimum absolute atomic E-state index is 0.207. The summed E-state index contributed by atoms with van der Waals surface area (Å²) in [6, 6.07) is 9.73. The third-order valence-electron chi connectivity index (χ3n) is 3.03. The number of aromatic nitrogens is 1. The highest BCUT2D eigenvalue weighted by Gasteiger charge is 2.23. The van der Waals surface area contributed by atoms with Gasteiger partial charge in [-0.05, 0) is 37.3 Å². The molecule has 2 aromatic rings. The van der Waals surface area contributed by atoms with Crippen LogP contribution in [0.1, 0.15) is 5.69 Å². The first-order valence-electron chi connectivity index (χ1n) is 6.74. The number of nitrogens with one attached hydrogen (secondary N) is 1. The number of nitrogens with zero attached hydrogens (tertiary/aromatic N) is 2. The lowest BCUT2D eigenvalue weighted by molar-refractivity contribution is -0.116. The van der Waals surface area contributed by atoms with Crippen LogP contribution in [0.25, 0.3) is 0 Å². The standard InChI is InChI=1S/C15H16FN3O3S/c1-11-5-3-8-14(17-11)18-15(20)10-19(2)23(21,22)13-7-4-6-12(16)9-13/h3-9H,10H2,1-2H3,(H,17,18,20). The van der Waals surface area contributed by atoms with E-state index in [9.17, 15) is 17.6 Å². The van der Waals surface area contributed by atoms with Crippen molar-refractivity contribution < 1.29 is 17.6 Å². The van der Waals surface area contributed by atoms with E-state index in [4.69, 9.17) is 0 Å². The molecule has 0 bridgehead atoms. The molecule has 0 spiro atoms. The van der Waals surface area contributed by atoms with Crippen LogP contribution in [0.5, 0.6) is 0 Å². The molecule has 1 aromatic heterocycles. The molecule has 0 aliphatic carbocycles. The van der Waals surface area contributed by atoms with E-state index in [1.807, 2.05) is 0 Å². The third-order valence-corrected chi connectivity index (χ3v) is 4.83. The molecule has 0 aliphatic heterocycles. The summed E-state index contributed by atoms with van der Waals surface area (Å²) < 4.78 is 38.6. The van der Waals surface area contributed by atoms with E-state index in [0.29, 0.717) is 5.82 Å². The van der Waals surface area contributed by atoms with Gasteiger partial charge in [0.2, 0.25) is 15.9 Å². The Bertz CT molecular complexity index is 824. The van der Waals surface area contributed by atoms with Gasteiger partial charge >= 0.3 is 0 Å². The van der Waals surface area contributed by atoms with Crippen LogP contribution in [0, 0.1) is 12.7 Å². The average Bonchev–Trinajstić information content (AvgIpc) is 2.47. The van der Waals surface area contributed by atoms with Gasteiger partial charge in [0.15, 0.2) is 0 Å². The summed E-state index contributed by atoms with van der Waals surface area (Å²) in [4.78, 5) is 15.8. The molecule has 0 saturated carbocycles. The normalized spacial score (nSPS) is 11.5. The fourth-order valence-corrected chi connectivity index (χ4v) is 3.05. The van der Waals surface area contributed by atoms with Crippen LogP contribution in [0.3, 0.4) is 0 Å². The van der Waals surface area contributed by atoms with Crippen LogP contribution in [-0.2, 0) is 14.8 Å². The number of carbonyl (C=O) groups excluding carboxylic acids is 1. The first-order chi connectivity index (χ1) is 10.8. The molecule has 0 radical (unpaired) electrons. The lowest BCUT2D eigenvalue weighted by Gasteiger charge is -2.16. The van der Waals surface area contributed by atoms with Gasteiger partial charge in [0.25, 0.3) is 0 Å². The van der Waals surface area contributed by atoms with Gasteiger partial charge < -0.3 is 5.32 Å². The Morgan fingerprint density at radius 1 is 1.26 bits per heavy atom. The van der Waals surface area contributed by atoms with Crippen molar-refractivity contribution in [2.75, 3.05) is 18.9 Å². The second-order valence-electron chi connectivity index (χ2n) is 4.93. The summed E-state index contributed by atoms with van der Waals surface area (Å²) in [6.45, 7) is 1.37. The first-order valence-corrected chi connectivity index (χ1v) is 8.18. The number of hydrogen-bond donors (Lipinski definition) is 1. The molecular weight excluding hydrogens is 321 g/mol. The van der Waals surface area contributed by atoms with Crippen molar-refractivity contribution >= 4 is 21.7 Å². The third kappa shape index (κ3) is 4.33. The number of likely N-dealkylation sites (N-methyl/N-ethyl adjacent to an activating group) is 1.